The van der Waals surface area contributed by atoms with Crippen LogP contribution in [0.1, 0.15) is 18.9 Å². The standard InChI is InChI=1S/C18H19F3N4O3/c1-11-7-12(16(26)27)10-24(9-11)17(28)22-15-5-6-25(23-15)14-4-2-3-13(8-14)18(19,20)21/h2-6,8,11-12H,7,9-10H2,1H3,(H,26,27)(H,22,23,28). The van der Waals surface area contributed by atoms with Crippen molar-refractivity contribution in [2.45, 2.75) is 19.5 Å². The number of rotatable bonds is 3. The Morgan fingerprint density at radius 1 is 1.25 bits per heavy atom. The SMILES string of the molecule is CC1CC(C(=O)O)CN(C(=O)Nc2ccn(-c3cccc(C(F)(F)F)c3)n2)C1. The molecule has 2 heterocycles. The summed E-state index contributed by atoms with van der Waals surface area (Å²) >= 11 is 0. The van der Waals surface area contributed by atoms with E-state index in [2.05, 4.69) is 10.4 Å². The van der Waals surface area contributed by atoms with E-state index in [0.29, 0.717) is 13.0 Å². The number of carboxylic acids is 1. The maximum absolute atomic E-state index is 12.9. The first kappa shape index (κ1) is 19.7. The summed E-state index contributed by atoms with van der Waals surface area (Å²) in [4.78, 5) is 25.1. The highest BCUT2D eigenvalue weighted by Crippen LogP contribution is 2.30. The lowest BCUT2D eigenvalue weighted by Gasteiger charge is -2.34. The summed E-state index contributed by atoms with van der Waals surface area (Å²) in [6.45, 7) is 2.39. The number of benzene rings is 1. The molecule has 2 unspecified atom stereocenters. The van der Waals surface area contributed by atoms with Gasteiger partial charge in [0.2, 0.25) is 0 Å². The lowest BCUT2D eigenvalue weighted by atomic mass is 9.91. The number of carbonyl (C=O) groups is 2. The first-order chi connectivity index (χ1) is 13.1. The minimum atomic E-state index is -4.47. The monoisotopic (exact) mass is 396 g/mol. The van der Waals surface area contributed by atoms with E-state index in [1.165, 1.54) is 34.0 Å². The Hall–Kier alpha value is -3.04. The predicted molar refractivity (Wildman–Crippen MR) is 94.1 cm³/mol. The van der Waals surface area contributed by atoms with Crippen molar-refractivity contribution in [1.29, 1.82) is 0 Å². The maximum Gasteiger partial charge on any atom is 0.416 e. The van der Waals surface area contributed by atoms with E-state index in [4.69, 9.17) is 0 Å². The van der Waals surface area contributed by atoms with Gasteiger partial charge in [0.05, 0.1) is 17.2 Å². The maximum atomic E-state index is 12.9. The Morgan fingerprint density at radius 2 is 2.00 bits per heavy atom. The molecule has 1 aromatic carbocycles. The molecule has 3 rings (SSSR count). The molecule has 2 amide bonds. The molecule has 0 spiro atoms. The molecule has 28 heavy (non-hydrogen) atoms. The molecule has 0 radical (unpaired) electrons. The molecule has 0 saturated carbocycles. The van der Waals surface area contributed by atoms with Gasteiger partial charge >= 0.3 is 18.2 Å². The number of likely N-dealkylation sites (tertiary alicyclic amines) is 1. The molecular formula is C18H19F3N4O3. The highest BCUT2D eigenvalue weighted by molar-refractivity contribution is 5.88. The predicted octanol–water partition coefficient (Wildman–Crippen LogP) is 3.47. The molecule has 1 fully saturated rings. The Balaban J connectivity index is 1.71. The molecule has 2 N–H and O–H groups in total. The summed E-state index contributed by atoms with van der Waals surface area (Å²) in [7, 11) is 0. The second-order valence-corrected chi connectivity index (χ2v) is 6.90. The summed E-state index contributed by atoms with van der Waals surface area (Å²) < 4.78 is 39.8. The van der Waals surface area contributed by atoms with Gasteiger partial charge in [-0.15, -0.1) is 5.10 Å². The third-order valence-electron chi connectivity index (χ3n) is 4.56. The molecule has 7 nitrogen and oxygen atoms in total. The number of nitrogens with one attached hydrogen (secondary N) is 1. The Kier molecular flexibility index (Phi) is 5.30. The zero-order valence-electron chi connectivity index (χ0n) is 15.0. The molecule has 1 aromatic heterocycles. The van der Waals surface area contributed by atoms with Crippen LogP contribution in [0.25, 0.3) is 5.69 Å². The van der Waals surface area contributed by atoms with Crippen molar-refractivity contribution in [2.24, 2.45) is 11.8 Å². The Labute approximate surface area is 158 Å². The second kappa shape index (κ2) is 7.53. The van der Waals surface area contributed by atoms with Gasteiger partial charge in [-0.3, -0.25) is 10.1 Å². The number of carboxylic acid groups (broad SMARTS) is 1. The van der Waals surface area contributed by atoms with Gasteiger partial charge in [0.25, 0.3) is 0 Å². The minimum Gasteiger partial charge on any atom is -0.481 e. The van der Waals surface area contributed by atoms with Crippen molar-refractivity contribution in [3.63, 3.8) is 0 Å². The zero-order chi connectivity index (χ0) is 20.5. The van der Waals surface area contributed by atoms with Gasteiger partial charge in [-0.05, 0) is 30.5 Å². The quantitative estimate of drug-likeness (QED) is 0.832. The van der Waals surface area contributed by atoms with Crippen LogP contribution < -0.4 is 5.32 Å². The zero-order valence-corrected chi connectivity index (χ0v) is 15.0. The van der Waals surface area contributed by atoms with Gasteiger partial charge < -0.3 is 10.0 Å². The number of alkyl halides is 3. The van der Waals surface area contributed by atoms with Crippen LogP contribution >= 0.6 is 0 Å². The van der Waals surface area contributed by atoms with Crippen molar-refractivity contribution >= 4 is 17.8 Å². The molecule has 2 aromatic rings. The van der Waals surface area contributed by atoms with Crippen LogP contribution in [0, 0.1) is 11.8 Å². The van der Waals surface area contributed by atoms with Gasteiger partial charge in [-0.25, -0.2) is 9.48 Å². The summed E-state index contributed by atoms with van der Waals surface area (Å²) in [5, 5.41) is 15.9. The summed E-state index contributed by atoms with van der Waals surface area (Å²) in [6.07, 6.45) is -2.53. The second-order valence-electron chi connectivity index (χ2n) is 6.90. The number of aromatic nitrogens is 2. The van der Waals surface area contributed by atoms with Crippen LogP contribution in [0.5, 0.6) is 0 Å². The number of carbonyl (C=O) groups excluding carboxylic acids is 1. The van der Waals surface area contributed by atoms with Gasteiger partial charge in [-0.1, -0.05) is 13.0 Å². The highest BCUT2D eigenvalue weighted by Gasteiger charge is 2.32. The van der Waals surface area contributed by atoms with E-state index in [0.717, 1.165) is 12.1 Å². The third-order valence-corrected chi connectivity index (χ3v) is 4.56. The number of anilines is 1. The summed E-state index contributed by atoms with van der Waals surface area (Å²) in [5.41, 5.74) is -0.596. The van der Waals surface area contributed by atoms with Gasteiger partial charge in [0, 0.05) is 25.4 Å². The number of urea groups is 1. The number of halogens is 3. The van der Waals surface area contributed by atoms with Gasteiger partial charge in [-0.2, -0.15) is 13.2 Å². The fraction of sp³-hybridized carbons (Fsp3) is 0.389. The van der Waals surface area contributed by atoms with Crippen LogP contribution in [0.3, 0.4) is 0 Å². The van der Waals surface area contributed by atoms with E-state index in [-0.39, 0.29) is 24.0 Å². The van der Waals surface area contributed by atoms with E-state index < -0.39 is 29.7 Å². The minimum absolute atomic E-state index is 0.0447. The number of aliphatic carboxylic acids is 1. The largest absolute Gasteiger partial charge is 0.481 e. The molecule has 0 aliphatic carbocycles. The molecular weight excluding hydrogens is 377 g/mol. The number of hydrogen-bond acceptors (Lipinski definition) is 3. The Bertz CT molecular complexity index is 881. The first-order valence-electron chi connectivity index (χ1n) is 8.65. The van der Waals surface area contributed by atoms with Gasteiger partial charge in [0.15, 0.2) is 5.82 Å². The number of piperidine rings is 1. The molecule has 10 heteroatoms. The van der Waals surface area contributed by atoms with Crippen LogP contribution in [-0.2, 0) is 11.0 Å². The summed E-state index contributed by atoms with van der Waals surface area (Å²) in [6, 6.07) is 5.64. The lowest BCUT2D eigenvalue weighted by molar-refractivity contribution is -0.143. The van der Waals surface area contributed by atoms with E-state index in [9.17, 15) is 27.9 Å². The van der Waals surface area contributed by atoms with Crippen molar-refractivity contribution < 1.29 is 27.9 Å². The lowest BCUT2D eigenvalue weighted by Crippen LogP contribution is -2.47. The Morgan fingerprint density at radius 3 is 2.68 bits per heavy atom. The molecule has 1 saturated heterocycles. The molecule has 0 bridgehead atoms. The van der Waals surface area contributed by atoms with Crippen LogP contribution in [0.2, 0.25) is 0 Å². The van der Waals surface area contributed by atoms with Crippen LogP contribution in [-0.4, -0.2) is 44.9 Å². The molecule has 1 aliphatic rings. The van der Waals surface area contributed by atoms with Gasteiger partial charge in [0.1, 0.15) is 0 Å². The van der Waals surface area contributed by atoms with Crippen molar-refractivity contribution in [1.82, 2.24) is 14.7 Å². The van der Waals surface area contributed by atoms with E-state index in [1.807, 2.05) is 6.92 Å². The normalized spacial score (nSPS) is 20.1. The number of hydrogen-bond donors (Lipinski definition) is 2. The van der Waals surface area contributed by atoms with Crippen molar-refractivity contribution in [3.05, 3.63) is 42.1 Å². The van der Waals surface area contributed by atoms with Crippen molar-refractivity contribution in [2.75, 3.05) is 18.4 Å². The molecule has 2 atom stereocenters. The van der Waals surface area contributed by atoms with E-state index >= 15 is 0 Å². The third kappa shape index (κ3) is 4.44. The smallest absolute Gasteiger partial charge is 0.416 e. The number of nitrogens with zero attached hydrogens (tertiary/aromatic N) is 3. The topological polar surface area (TPSA) is 87.5 Å². The number of amides is 2. The average Bonchev–Trinajstić information content (AvgIpc) is 3.09. The van der Waals surface area contributed by atoms with Crippen molar-refractivity contribution in [3.8, 4) is 5.69 Å². The highest BCUT2D eigenvalue weighted by atomic mass is 19.4. The molecule has 150 valence electrons. The average molecular weight is 396 g/mol. The van der Waals surface area contributed by atoms with E-state index in [1.54, 1.807) is 0 Å². The fourth-order valence-corrected chi connectivity index (χ4v) is 3.24. The molecule has 1 aliphatic heterocycles. The fourth-order valence-electron chi connectivity index (χ4n) is 3.24. The van der Waals surface area contributed by atoms with Crippen LogP contribution in [0.4, 0.5) is 23.8 Å². The first-order valence-corrected chi connectivity index (χ1v) is 8.65. The van der Waals surface area contributed by atoms with Crippen LogP contribution in [0.15, 0.2) is 36.5 Å². The summed E-state index contributed by atoms with van der Waals surface area (Å²) in [5.74, 6) is -1.37.